The van der Waals surface area contributed by atoms with Gasteiger partial charge in [-0.05, 0) is 105 Å². The van der Waals surface area contributed by atoms with E-state index in [2.05, 4.69) is 240 Å². The summed E-state index contributed by atoms with van der Waals surface area (Å²) < 4.78 is 9.30. The van der Waals surface area contributed by atoms with Crippen molar-refractivity contribution in [3.63, 3.8) is 0 Å². The average Bonchev–Trinajstić information content (AvgIpc) is 3.91. The second-order valence-electron chi connectivity index (χ2n) is 16.5. The van der Waals surface area contributed by atoms with Gasteiger partial charge >= 0.3 is 0 Å². The molecule has 0 aliphatic heterocycles. The molecule has 3 heteroatoms. The SMILES string of the molecule is c1ccc(N(c2ccc(-c3ccc4c(ccc5ccccc54)c3)cc2)c2ccc(-n3c4ccccc4c4ccccc43)cc2)c(-c2cccc3c2oc2c4ccccc4ccc32)c1. The molecule has 0 atom stereocenters. The van der Waals surface area contributed by atoms with E-state index in [-0.39, 0.29) is 0 Å². The van der Waals surface area contributed by atoms with Crippen molar-refractivity contribution in [3.8, 4) is 27.9 Å². The molecule has 11 aromatic carbocycles. The van der Waals surface area contributed by atoms with E-state index in [1.165, 1.54) is 59.9 Å². The highest BCUT2D eigenvalue weighted by atomic mass is 16.3. The van der Waals surface area contributed by atoms with Gasteiger partial charge in [-0.15, -0.1) is 0 Å². The van der Waals surface area contributed by atoms with E-state index in [1.54, 1.807) is 0 Å². The summed E-state index contributed by atoms with van der Waals surface area (Å²) in [5, 5.41) is 12.1. The maximum atomic E-state index is 6.92. The zero-order valence-corrected chi connectivity index (χ0v) is 34.2. The maximum absolute atomic E-state index is 6.92. The van der Waals surface area contributed by atoms with Crippen LogP contribution in [0.25, 0.3) is 104 Å². The van der Waals surface area contributed by atoms with Gasteiger partial charge in [-0.25, -0.2) is 0 Å². The van der Waals surface area contributed by atoms with Gasteiger partial charge in [0.2, 0.25) is 0 Å². The van der Waals surface area contributed by atoms with E-state index in [1.807, 2.05) is 0 Å². The Morgan fingerprint density at radius 1 is 0.317 bits per heavy atom. The first-order valence-electron chi connectivity index (χ1n) is 21.6. The Morgan fingerprint density at radius 2 is 0.825 bits per heavy atom. The van der Waals surface area contributed by atoms with Crippen molar-refractivity contribution in [2.75, 3.05) is 4.90 Å². The molecule has 0 bridgehead atoms. The Balaban J connectivity index is 0.973. The van der Waals surface area contributed by atoms with Crippen LogP contribution in [0.1, 0.15) is 0 Å². The lowest BCUT2D eigenvalue weighted by atomic mass is 9.97. The Bertz CT molecular complexity index is 3860. The lowest BCUT2D eigenvalue weighted by molar-refractivity contribution is 0.674. The third-order valence-electron chi connectivity index (χ3n) is 13.0. The summed E-state index contributed by atoms with van der Waals surface area (Å²) in [5.74, 6) is 0. The van der Waals surface area contributed by atoms with Crippen molar-refractivity contribution in [2.24, 2.45) is 0 Å². The molecule has 0 unspecified atom stereocenters. The smallest absolute Gasteiger partial charge is 0.143 e. The van der Waals surface area contributed by atoms with Crippen molar-refractivity contribution in [1.82, 2.24) is 4.57 Å². The van der Waals surface area contributed by atoms with Crippen LogP contribution in [0.4, 0.5) is 17.1 Å². The Morgan fingerprint density at radius 3 is 1.59 bits per heavy atom. The molecule has 0 amide bonds. The fraction of sp³-hybridized carbons (Fsp3) is 0. The van der Waals surface area contributed by atoms with Crippen LogP contribution in [0.15, 0.2) is 235 Å². The minimum Gasteiger partial charge on any atom is -0.455 e. The summed E-state index contributed by atoms with van der Waals surface area (Å²) in [6.07, 6.45) is 0. The van der Waals surface area contributed by atoms with Crippen molar-refractivity contribution in [3.05, 3.63) is 231 Å². The predicted octanol–water partition coefficient (Wildman–Crippen LogP) is 16.9. The van der Waals surface area contributed by atoms with E-state index in [0.717, 1.165) is 61.2 Å². The molecular weight excluding hydrogens is 765 g/mol. The van der Waals surface area contributed by atoms with Gasteiger partial charge in [0.15, 0.2) is 0 Å². The van der Waals surface area contributed by atoms with Crippen molar-refractivity contribution >= 4 is 93.1 Å². The third-order valence-corrected chi connectivity index (χ3v) is 13.0. The Hall–Kier alpha value is -8.40. The van der Waals surface area contributed by atoms with E-state index in [9.17, 15) is 0 Å². The second kappa shape index (κ2) is 14.1. The van der Waals surface area contributed by atoms with Gasteiger partial charge < -0.3 is 13.9 Å². The van der Waals surface area contributed by atoms with Crippen molar-refractivity contribution in [1.29, 1.82) is 0 Å². The normalized spacial score (nSPS) is 11.8. The van der Waals surface area contributed by atoms with Crippen LogP contribution in [0.5, 0.6) is 0 Å². The molecule has 13 aromatic rings. The minimum atomic E-state index is 0.886. The molecule has 0 aliphatic carbocycles. The molecule has 0 saturated carbocycles. The molecule has 0 N–H and O–H groups in total. The summed E-state index contributed by atoms with van der Waals surface area (Å²) in [7, 11) is 0. The molecule has 0 saturated heterocycles. The Labute approximate surface area is 363 Å². The fourth-order valence-corrected chi connectivity index (χ4v) is 10.0. The number of hydrogen-bond donors (Lipinski definition) is 0. The second-order valence-corrected chi connectivity index (χ2v) is 16.5. The highest BCUT2D eigenvalue weighted by Gasteiger charge is 2.22. The highest BCUT2D eigenvalue weighted by Crippen LogP contribution is 2.46. The molecule has 2 heterocycles. The minimum absolute atomic E-state index is 0.886. The lowest BCUT2D eigenvalue weighted by Crippen LogP contribution is -2.11. The van der Waals surface area contributed by atoms with E-state index in [0.29, 0.717) is 0 Å². The maximum Gasteiger partial charge on any atom is 0.143 e. The Kier molecular flexibility index (Phi) is 7.91. The topological polar surface area (TPSA) is 21.3 Å². The van der Waals surface area contributed by atoms with Gasteiger partial charge in [-0.3, -0.25) is 0 Å². The van der Waals surface area contributed by atoms with Crippen molar-refractivity contribution < 1.29 is 4.42 Å². The molecule has 0 aliphatic rings. The van der Waals surface area contributed by atoms with Gasteiger partial charge in [0.1, 0.15) is 11.2 Å². The fourth-order valence-electron chi connectivity index (χ4n) is 10.0. The van der Waals surface area contributed by atoms with Crippen LogP contribution < -0.4 is 4.90 Å². The first kappa shape index (κ1) is 35.4. The summed E-state index contributed by atoms with van der Waals surface area (Å²) in [6.45, 7) is 0. The molecule has 0 fully saturated rings. The van der Waals surface area contributed by atoms with Crippen LogP contribution in [-0.2, 0) is 0 Å². The average molecular weight is 803 g/mol. The van der Waals surface area contributed by atoms with Crippen LogP contribution in [0.2, 0.25) is 0 Å². The van der Waals surface area contributed by atoms with E-state index < -0.39 is 0 Å². The zero-order valence-electron chi connectivity index (χ0n) is 34.2. The molecule has 0 spiro atoms. The van der Waals surface area contributed by atoms with Gasteiger partial charge in [0.25, 0.3) is 0 Å². The number of furan rings is 1. The van der Waals surface area contributed by atoms with Gasteiger partial charge in [0.05, 0.1) is 16.7 Å². The van der Waals surface area contributed by atoms with E-state index in [4.69, 9.17) is 4.42 Å². The molecule has 2 aromatic heterocycles. The number of benzene rings is 11. The molecule has 63 heavy (non-hydrogen) atoms. The number of para-hydroxylation sites is 4. The summed E-state index contributed by atoms with van der Waals surface area (Å²) in [5.41, 5.74) is 13.0. The van der Waals surface area contributed by atoms with Gasteiger partial charge in [-0.2, -0.15) is 0 Å². The third kappa shape index (κ3) is 5.60. The summed E-state index contributed by atoms with van der Waals surface area (Å²) >= 11 is 0. The largest absolute Gasteiger partial charge is 0.455 e. The first-order valence-corrected chi connectivity index (χ1v) is 21.6. The quantitative estimate of drug-likeness (QED) is 0.156. The monoisotopic (exact) mass is 802 g/mol. The highest BCUT2D eigenvalue weighted by molar-refractivity contribution is 6.18. The molecular formula is C60H38N2O. The number of aromatic nitrogens is 1. The number of hydrogen-bond acceptors (Lipinski definition) is 2. The van der Waals surface area contributed by atoms with Crippen LogP contribution >= 0.6 is 0 Å². The van der Waals surface area contributed by atoms with Crippen molar-refractivity contribution in [2.45, 2.75) is 0 Å². The van der Waals surface area contributed by atoms with Crippen LogP contribution in [0, 0.1) is 0 Å². The number of anilines is 3. The van der Waals surface area contributed by atoms with Crippen LogP contribution in [-0.4, -0.2) is 4.57 Å². The number of nitrogens with zero attached hydrogens (tertiary/aromatic N) is 2. The molecule has 13 rings (SSSR count). The lowest BCUT2D eigenvalue weighted by Gasteiger charge is -2.28. The standard InChI is InChI=1S/C60H38N2O/c1-3-14-47-40(12-1)24-25-43-38-42(29-36-48(43)47)39-26-30-44(31-27-39)61(45-32-34-46(35-33-45)62-57-22-9-5-16-50(57)51-17-6-10-23-58(51)62)56-21-8-7-18-52(56)53-19-11-20-54-55-37-28-41-13-2-4-15-49(41)59(55)63-60(53)54/h1-38H. The first-order chi connectivity index (χ1) is 31.2. The van der Waals surface area contributed by atoms with Gasteiger partial charge in [-0.1, -0.05) is 164 Å². The number of rotatable bonds is 6. The molecule has 294 valence electrons. The van der Waals surface area contributed by atoms with E-state index >= 15 is 0 Å². The summed E-state index contributed by atoms with van der Waals surface area (Å²) in [6, 6.07) is 83.4. The number of fused-ring (bicyclic) bond motifs is 11. The predicted molar refractivity (Wildman–Crippen MR) is 266 cm³/mol. The molecule has 0 radical (unpaired) electrons. The zero-order chi connectivity index (χ0) is 41.4. The van der Waals surface area contributed by atoms with Gasteiger partial charge in [0, 0.05) is 55.1 Å². The van der Waals surface area contributed by atoms with Crippen LogP contribution in [0.3, 0.4) is 0 Å². The summed E-state index contributed by atoms with van der Waals surface area (Å²) in [4.78, 5) is 2.39. The molecule has 3 nitrogen and oxygen atoms in total.